The third-order valence-corrected chi connectivity index (χ3v) is 2.92. The lowest BCUT2D eigenvalue weighted by Crippen LogP contribution is -2.12. The number of anilines is 1. The van der Waals surface area contributed by atoms with Gasteiger partial charge in [-0.05, 0) is 24.3 Å². The van der Waals surface area contributed by atoms with Gasteiger partial charge in [-0.25, -0.2) is 0 Å². The summed E-state index contributed by atoms with van der Waals surface area (Å²) in [5.74, 6) is -0.126. The standard InChI is InChI=1S/C16H12N2O/c19-16(13-6-2-1-3-7-13)18-14-10-4-8-12-9-5-11-17-15(12)14/h1-11H,(H,18,19). The minimum Gasteiger partial charge on any atom is -0.320 e. The molecule has 0 saturated heterocycles. The van der Waals surface area contributed by atoms with E-state index in [1.54, 1.807) is 18.3 Å². The topological polar surface area (TPSA) is 42.0 Å². The molecule has 92 valence electrons. The van der Waals surface area contributed by atoms with E-state index in [2.05, 4.69) is 10.3 Å². The fraction of sp³-hybridized carbons (Fsp3) is 0. The smallest absolute Gasteiger partial charge is 0.255 e. The van der Waals surface area contributed by atoms with Gasteiger partial charge in [0.2, 0.25) is 0 Å². The number of hydrogen-bond acceptors (Lipinski definition) is 2. The predicted octanol–water partition coefficient (Wildman–Crippen LogP) is 3.49. The molecule has 1 heterocycles. The van der Waals surface area contributed by atoms with Crippen LogP contribution in [0.4, 0.5) is 5.69 Å². The fourth-order valence-corrected chi connectivity index (χ4v) is 1.99. The van der Waals surface area contributed by atoms with E-state index >= 15 is 0 Å². The molecule has 0 aliphatic rings. The van der Waals surface area contributed by atoms with Gasteiger partial charge in [-0.3, -0.25) is 9.78 Å². The summed E-state index contributed by atoms with van der Waals surface area (Å²) >= 11 is 0. The molecule has 2 aromatic carbocycles. The highest BCUT2D eigenvalue weighted by atomic mass is 16.1. The van der Waals surface area contributed by atoms with Gasteiger partial charge in [-0.2, -0.15) is 0 Å². The Bertz CT molecular complexity index is 718. The number of rotatable bonds is 2. The summed E-state index contributed by atoms with van der Waals surface area (Å²) in [6.45, 7) is 0. The van der Waals surface area contributed by atoms with Crippen molar-refractivity contribution in [2.24, 2.45) is 0 Å². The average Bonchev–Trinajstić information content (AvgIpc) is 2.48. The number of aromatic nitrogens is 1. The number of fused-ring (bicyclic) bond motifs is 1. The molecule has 0 bridgehead atoms. The first-order chi connectivity index (χ1) is 9.34. The number of carbonyl (C=O) groups is 1. The second-order valence-corrected chi connectivity index (χ2v) is 4.20. The molecule has 1 N–H and O–H groups in total. The van der Waals surface area contributed by atoms with Crippen LogP contribution in [0.3, 0.4) is 0 Å². The molecule has 3 rings (SSSR count). The van der Waals surface area contributed by atoms with Crippen molar-refractivity contribution in [3.63, 3.8) is 0 Å². The zero-order chi connectivity index (χ0) is 13.1. The van der Waals surface area contributed by atoms with Crippen LogP contribution in [0, 0.1) is 0 Å². The molecular weight excluding hydrogens is 236 g/mol. The molecule has 1 amide bonds. The van der Waals surface area contributed by atoms with Crippen LogP contribution in [0.5, 0.6) is 0 Å². The van der Waals surface area contributed by atoms with Crippen molar-refractivity contribution in [1.82, 2.24) is 4.98 Å². The molecule has 0 aliphatic heterocycles. The van der Waals surface area contributed by atoms with Gasteiger partial charge in [0.25, 0.3) is 5.91 Å². The number of nitrogens with one attached hydrogen (secondary N) is 1. The summed E-state index contributed by atoms with van der Waals surface area (Å²) in [5, 5.41) is 3.91. The number of hydrogen-bond donors (Lipinski definition) is 1. The van der Waals surface area contributed by atoms with Crippen molar-refractivity contribution >= 4 is 22.5 Å². The molecule has 19 heavy (non-hydrogen) atoms. The second kappa shape index (κ2) is 4.90. The highest BCUT2D eigenvalue weighted by molar-refractivity contribution is 6.08. The summed E-state index contributed by atoms with van der Waals surface area (Å²) in [6.07, 6.45) is 1.72. The Hall–Kier alpha value is -2.68. The quantitative estimate of drug-likeness (QED) is 0.754. The van der Waals surface area contributed by atoms with Crippen molar-refractivity contribution in [1.29, 1.82) is 0 Å². The number of carbonyl (C=O) groups excluding carboxylic acids is 1. The second-order valence-electron chi connectivity index (χ2n) is 4.20. The van der Waals surface area contributed by atoms with Crippen LogP contribution in [0.25, 0.3) is 10.9 Å². The van der Waals surface area contributed by atoms with Crippen LogP contribution < -0.4 is 5.32 Å². The number of pyridine rings is 1. The van der Waals surface area contributed by atoms with Gasteiger partial charge in [0.15, 0.2) is 0 Å². The van der Waals surface area contributed by atoms with Gasteiger partial charge >= 0.3 is 0 Å². The highest BCUT2D eigenvalue weighted by Gasteiger charge is 2.07. The van der Waals surface area contributed by atoms with E-state index in [9.17, 15) is 4.79 Å². The first-order valence-corrected chi connectivity index (χ1v) is 6.05. The van der Waals surface area contributed by atoms with Gasteiger partial charge < -0.3 is 5.32 Å². The summed E-state index contributed by atoms with van der Waals surface area (Å²) in [4.78, 5) is 16.4. The first kappa shape index (κ1) is 11.4. The number of para-hydroxylation sites is 1. The van der Waals surface area contributed by atoms with Crippen LogP contribution in [0.1, 0.15) is 10.4 Å². The highest BCUT2D eigenvalue weighted by Crippen LogP contribution is 2.21. The predicted molar refractivity (Wildman–Crippen MR) is 76.1 cm³/mol. The average molecular weight is 248 g/mol. The van der Waals surface area contributed by atoms with E-state index < -0.39 is 0 Å². The maximum absolute atomic E-state index is 12.1. The fourth-order valence-electron chi connectivity index (χ4n) is 1.99. The third-order valence-electron chi connectivity index (χ3n) is 2.92. The molecule has 0 saturated carbocycles. The minimum absolute atomic E-state index is 0.126. The van der Waals surface area contributed by atoms with E-state index in [-0.39, 0.29) is 5.91 Å². The van der Waals surface area contributed by atoms with Gasteiger partial charge in [-0.15, -0.1) is 0 Å². The molecule has 0 radical (unpaired) electrons. The Kier molecular flexibility index (Phi) is 2.94. The molecule has 0 unspecified atom stereocenters. The number of benzene rings is 2. The van der Waals surface area contributed by atoms with Crippen LogP contribution in [-0.2, 0) is 0 Å². The normalized spacial score (nSPS) is 10.3. The molecule has 0 fully saturated rings. The van der Waals surface area contributed by atoms with E-state index in [4.69, 9.17) is 0 Å². The lowest BCUT2D eigenvalue weighted by molar-refractivity contribution is 0.102. The van der Waals surface area contributed by atoms with Crippen LogP contribution in [0.2, 0.25) is 0 Å². The Morgan fingerprint density at radius 1 is 0.895 bits per heavy atom. The molecule has 3 nitrogen and oxygen atoms in total. The minimum atomic E-state index is -0.126. The van der Waals surface area contributed by atoms with Gasteiger partial charge in [0.1, 0.15) is 0 Å². The molecule has 3 heteroatoms. The lowest BCUT2D eigenvalue weighted by Gasteiger charge is -2.07. The maximum Gasteiger partial charge on any atom is 0.255 e. The monoisotopic (exact) mass is 248 g/mol. The zero-order valence-corrected chi connectivity index (χ0v) is 10.2. The molecular formula is C16H12N2O. The van der Waals surface area contributed by atoms with E-state index in [1.807, 2.05) is 48.5 Å². The SMILES string of the molecule is O=C(Nc1cccc2cccnc12)c1ccccc1. The van der Waals surface area contributed by atoms with Crippen LogP contribution >= 0.6 is 0 Å². The number of nitrogens with zero attached hydrogens (tertiary/aromatic N) is 1. The van der Waals surface area contributed by atoms with E-state index in [0.717, 1.165) is 16.6 Å². The molecule has 0 spiro atoms. The van der Waals surface area contributed by atoms with Crippen molar-refractivity contribution in [2.75, 3.05) is 5.32 Å². The first-order valence-electron chi connectivity index (χ1n) is 6.05. The van der Waals surface area contributed by atoms with Crippen molar-refractivity contribution in [3.8, 4) is 0 Å². The van der Waals surface area contributed by atoms with Crippen molar-refractivity contribution in [2.45, 2.75) is 0 Å². The molecule has 0 aliphatic carbocycles. The van der Waals surface area contributed by atoms with Crippen molar-refractivity contribution < 1.29 is 4.79 Å². The van der Waals surface area contributed by atoms with Crippen LogP contribution in [-0.4, -0.2) is 10.9 Å². The van der Waals surface area contributed by atoms with Gasteiger partial charge in [0.05, 0.1) is 11.2 Å². The summed E-state index contributed by atoms with van der Waals surface area (Å²) in [6, 6.07) is 18.7. The van der Waals surface area contributed by atoms with E-state index in [1.165, 1.54) is 0 Å². The molecule has 1 aromatic heterocycles. The van der Waals surface area contributed by atoms with Crippen molar-refractivity contribution in [3.05, 3.63) is 72.4 Å². The summed E-state index contributed by atoms with van der Waals surface area (Å²) in [5.41, 5.74) is 2.16. The molecule has 3 aromatic rings. The Morgan fingerprint density at radius 2 is 1.68 bits per heavy atom. The Balaban J connectivity index is 1.96. The molecule has 0 atom stereocenters. The Labute approximate surface area is 110 Å². The largest absolute Gasteiger partial charge is 0.320 e. The third kappa shape index (κ3) is 2.31. The number of amides is 1. The zero-order valence-electron chi connectivity index (χ0n) is 10.2. The van der Waals surface area contributed by atoms with Gasteiger partial charge in [-0.1, -0.05) is 36.4 Å². The lowest BCUT2D eigenvalue weighted by atomic mass is 10.1. The Morgan fingerprint density at radius 3 is 2.53 bits per heavy atom. The summed E-state index contributed by atoms with van der Waals surface area (Å²) < 4.78 is 0. The van der Waals surface area contributed by atoms with Gasteiger partial charge in [0, 0.05) is 17.1 Å². The summed E-state index contributed by atoms with van der Waals surface area (Å²) in [7, 11) is 0. The maximum atomic E-state index is 12.1. The van der Waals surface area contributed by atoms with E-state index in [0.29, 0.717) is 5.56 Å². The van der Waals surface area contributed by atoms with Crippen LogP contribution in [0.15, 0.2) is 66.9 Å².